The number of H-pyrrole nitrogens is 1. The van der Waals surface area contributed by atoms with Gasteiger partial charge in [0.25, 0.3) is 0 Å². The van der Waals surface area contributed by atoms with Gasteiger partial charge in [-0.15, -0.1) is 0 Å². The lowest BCUT2D eigenvalue weighted by Crippen LogP contribution is -2.32. The fourth-order valence-corrected chi connectivity index (χ4v) is 3.39. The van der Waals surface area contributed by atoms with E-state index in [1.54, 1.807) is 0 Å². The average molecular weight is 247 g/mol. The van der Waals surface area contributed by atoms with Gasteiger partial charge < -0.3 is 4.98 Å². The third-order valence-electron chi connectivity index (χ3n) is 3.91. The summed E-state index contributed by atoms with van der Waals surface area (Å²) in [5, 5.41) is 0. The number of imidazole rings is 1. The Hall–Kier alpha value is -1.16. The molecule has 0 aromatic carbocycles. The lowest BCUT2D eigenvalue weighted by atomic mass is 9.83. The number of fused-ring (bicyclic) bond motifs is 1. The van der Waals surface area contributed by atoms with Crippen LogP contribution in [0.1, 0.15) is 39.0 Å². The Bertz CT molecular complexity index is 590. The molecule has 2 aromatic rings. The summed E-state index contributed by atoms with van der Waals surface area (Å²) >= 11 is 5.47. The summed E-state index contributed by atoms with van der Waals surface area (Å²) in [6, 6.07) is 3.99. The van der Waals surface area contributed by atoms with E-state index in [9.17, 15) is 0 Å². The van der Waals surface area contributed by atoms with Crippen molar-refractivity contribution < 1.29 is 0 Å². The summed E-state index contributed by atoms with van der Waals surface area (Å²) in [6.07, 6.45) is 8.16. The first-order valence-electron chi connectivity index (χ1n) is 6.27. The van der Waals surface area contributed by atoms with Crippen molar-refractivity contribution in [3.63, 3.8) is 0 Å². The molecule has 4 heteroatoms. The summed E-state index contributed by atoms with van der Waals surface area (Å²) < 4.78 is 3.04. The monoisotopic (exact) mass is 247 g/mol. The normalized spacial score (nSPS) is 19.6. The fourth-order valence-electron chi connectivity index (χ4n) is 2.98. The highest BCUT2D eigenvalue weighted by Crippen LogP contribution is 2.36. The van der Waals surface area contributed by atoms with Crippen LogP contribution < -0.4 is 0 Å². The van der Waals surface area contributed by atoms with Gasteiger partial charge in [0.15, 0.2) is 10.4 Å². The average Bonchev–Trinajstić information content (AvgIpc) is 2.66. The van der Waals surface area contributed by atoms with Gasteiger partial charge in [-0.2, -0.15) is 0 Å². The second-order valence-corrected chi connectivity index (χ2v) is 5.58. The first-order chi connectivity index (χ1) is 8.21. The predicted octanol–water partition coefficient (Wildman–Crippen LogP) is 3.77. The third kappa shape index (κ3) is 1.71. The molecule has 2 aromatic heterocycles. The molecule has 0 radical (unpaired) electrons. The molecule has 0 aliphatic heterocycles. The number of aromatic nitrogens is 3. The maximum atomic E-state index is 5.47. The molecule has 1 aliphatic rings. The first-order valence-corrected chi connectivity index (χ1v) is 6.68. The van der Waals surface area contributed by atoms with E-state index in [0.717, 1.165) is 15.9 Å². The highest BCUT2D eigenvalue weighted by atomic mass is 32.1. The maximum absolute atomic E-state index is 5.47. The third-order valence-corrected chi connectivity index (χ3v) is 4.20. The van der Waals surface area contributed by atoms with E-state index in [2.05, 4.69) is 21.5 Å². The van der Waals surface area contributed by atoms with Crippen LogP contribution >= 0.6 is 12.2 Å². The molecule has 90 valence electrons. The standard InChI is InChI=1S/C13H17N3S/c1-13(7-3-2-4-8-13)16-11-10(15-12(16)17)6-5-9-14-11/h5-6,9H,2-4,7-8H2,1H3,(H,15,17). The van der Waals surface area contributed by atoms with Crippen LogP contribution in [0, 0.1) is 4.77 Å². The van der Waals surface area contributed by atoms with Crippen LogP contribution in [0.4, 0.5) is 0 Å². The number of nitrogens with one attached hydrogen (secondary N) is 1. The molecule has 1 aliphatic carbocycles. The van der Waals surface area contributed by atoms with Crippen molar-refractivity contribution >= 4 is 23.4 Å². The Balaban J connectivity index is 2.22. The quantitative estimate of drug-likeness (QED) is 0.778. The summed E-state index contributed by atoms with van der Waals surface area (Å²) in [5.74, 6) is 0. The number of aromatic amines is 1. The minimum absolute atomic E-state index is 0.141. The Morgan fingerprint density at radius 2 is 2.12 bits per heavy atom. The molecule has 1 N–H and O–H groups in total. The zero-order chi connectivity index (χ0) is 11.9. The van der Waals surface area contributed by atoms with Crippen molar-refractivity contribution in [2.75, 3.05) is 0 Å². The van der Waals surface area contributed by atoms with Gasteiger partial charge in [0.05, 0.1) is 5.52 Å². The first kappa shape index (κ1) is 11.0. The van der Waals surface area contributed by atoms with Crippen LogP contribution in [0.15, 0.2) is 18.3 Å². The highest BCUT2D eigenvalue weighted by molar-refractivity contribution is 7.71. The van der Waals surface area contributed by atoms with Crippen LogP contribution in [0.25, 0.3) is 11.2 Å². The number of rotatable bonds is 1. The van der Waals surface area contributed by atoms with Gasteiger partial charge in [-0.3, -0.25) is 4.57 Å². The summed E-state index contributed by atoms with van der Waals surface area (Å²) in [4.78, 5) is 7.75. The molecular formula is C13H17N3S. The van der Waals surface area contributed by atoms with E-state index in [-0.39, 0.29) is 5.54 Å². The van der Waals surface area contributed by atoms with Gasteiger partial charge >= 0.3 is 0 Å². The van der Waals surface area contributed by atoms with E-state index < -0.39 is 0 Å². The summed E-state index contributed by atoms with van der Waals surface area (Å²) in [7, 11) is 0. The van der Waals surface area contributed by atoms with Crippen molar-refractivity contribution in [2.24, 2.45) is 0 Å². The molecule has 0 spiro atoms. The Labute approximate surface area is 106 Å². The Kier molecular flexibility index (Phi) is 2.54. The van der Waals surface area contributed by atoms with Gasteiger partial charge in [0, 0.05) is 11.7 Å². The summed E-state index contributed by atoms with van der Waals surface area (Å²) in [6.45, 7) is 2.31. The molecule has 1 saturated carbocycles. The fraction of sp³-hybridized carbons (Fsp3) is 0.538. The lowest BCUT2D eigenvalue weighted by Gasteiger charge is -2.35. The molecule has 0 bridgehead atoms. The lowest BCUT2D eigenvalue weighted by molar-refractivity contribution is 0.221. The van der Waals surface area contributed by atoms with Crippen LogP contribution in [0.5, 0.6) is 0 Å². The topological polar surface area (TPSA) is 33.6 Å². The van der Waals surface area contributed by atoms with Crippen LogP contribution in [0.2, 0.25) is 0 Å². The van der Waals surface area contributed by atoms with Crippen molar-refractivity contribution in [1.29, 1.82) is 0 Å². The molecular weight excluding hydrogens is 230 g/mol. The minimum atomic E-state index is 0.141. The van der Waals surface area contributed by atoms with E-state index in [1.807, 2.05) is 18.3 Å². The molecule has 0 unspecified atom stereocenters. The zero-order valence-corrected chi connectivity index (χ0v) is 10.9. The van der Waals surface area contributed by atoms with E-state index in [4.69, 9.17) is 12.2 Å². The Morgan fingerprint density at radius 1 is 1.35 bits per heavy atom. The van der Waals surface area contributed by atoms with Crippen molar-refractivity contribution in [3.05, 3.63) is 23.1 Å². The van der Waals surface area contributed by atoms with E-state index in [0.29, 0.717) is 0 Å². The van der Waals surface area contributed by atoms with Crippen LogP contribution in [-0.2, 0) is 5.54 Å². The van der Waals surface area contributed by atoms with Crippen LogP contribution in [-0.4, -0.2) is 14.5 Å². The largest absolute Gasteiger partial charge is 0.329 e. The number of nitrogens with zero attached hydrogens (tertiary/aromatic N) is 2. The second kappa shape index (κ2) is 3.95. The molecule has 3 rings (SSSR count). The predicted molar refractivity (Wildman–Crippen MR) is 71.7 cm³/mol. The number of hydrogen-bond donors (Lipinski definition) is 1. The zero-order valence-electron chi connectivity index (χ0n) is 10.1. The minimum Gasteiger partial charge on any atom is -0.329 e. The smallest absolute Gasteiger partial charge is 0.179 e. The molecule has 0 saturated heterocycles. The van der Waals surface area contributed by atoms with Crippen LogP contribution in [0.3, 0.4) is 0 Å². The molecule has 0 atom stereocenters. The molecule has 1 fully saturated rings. The van der Waals surface area contributed by atoms with Crippen molar-refractivity contribution in [2.45, 2.75) is 44.6 Å². The maximum Gasteiger partial charge on any atom is 0.179 e. The highest BCUT2D eigenvalue weighted by Gasteiger charge is 2.31. The van der Waals surface area contributed by atoms with Crippen molar-refractivity contribution in [3.8, 4) is 0 Å². The Morgan fingerprint density at radius 3 is 2.88 bits per heavy atom. The number of hydrogen-bond acceptors (Lipinski definition) is 2. The summed E-state index contributed by atoms with van der Waals surface area (Å²) in [5.41, 5.74) is 2.19. The number of pyridine rings is 1. The van der Waals surface area contributed by atoms with Gasteiger partial charge in [-0.25, -0.2) is 4.98 Å². The van der Waals surface area contributed by atoms with E-state index >= 15 is 0 Å². The molecule has 17 heavy (non-hydrogen) atoms. The molecule has 3 nitrogen and oxygen atoms in total. The second-order valence-electron chi connectivity index (χ2n) is 5.20. The SMILES string of the molecule is CC1(n2c(=S)[nH]c3cccnc32)CCCCC1. The van der Waals surface area contributed by atoms with Gasteiger partial charge in [0.1, 0.15) is 0 Å². The van der Waals surface area contributed by atoms with Crippen molar-refractivity contribution in [1.82, 2.24) is 14.5 Å². The van der Waals surface area contributed by atoms with E-state index in [1.165, 1.54) is 32.1 Å². The van der Waals surface area contributed by atoms with Gasteiger partial charge in [-0.1, -0.05) is 19.3 Å². The molecule has 2 heterocycles. The molecule has 0 amide bonds. The van der Waals surface area contributed by atoms with Gasteiger partial charge in [-0.05, 0) is 44.1 Å². The van der Waals surface area contributed by atoms with Gasteiger partial charge in [0.2, 0.25) is 0 Å².